The van der Waals surface area contributed by atoms with Crippen LogP contribution in [-0.2, 0) is 6.54 Å². The van der Waals surface area contributed by atoms with Gasteiger partial charge in [0, 0.05) is 37.1 Å². The van der Waals surface area contributed by atoms with Crippen LogP contribution in [0, 0.1) is 6.92 Å². The number of aromatic nitrogens is 3. The smallest absolute Gasteiger partial charge is 0.192 e. The summed E-state index contributed by atoms with van der Waals surface area (Å²) >= 11 is 0. The zero-order valence-corrected chi connectivity index (χ0v) is 10.6. The highest BCUT2D eigenvalue weighted by Crippen LogP contribution is 2.20. The predicted octanol–water partition coefficient (Wildman–Crippen LogP) is 3.05. The van der Waals surface area contributed by atoms with E-state index in [1.165, 1.54) is 0 Å². The third-order valence-corrected chi connectivity index (χ3v) is 2.83. The van der Waals surface area contributed by atoms with Crippen molar-refractivity contribution in [3.05, 3.63) is 48.6 Å². The minimum absolute atomic E-state index is 0.680. The van der Waals surface area contributed by atoms with E-state index in [0.717, 1.165) is 22.4 Å². The number of hydrogen-bond donors (Lipinski definition) is 1. The topological polar surface area (TPSA) is 55.9 Å². The van der Waals surface area contributed by atoms with E-state index in [9.17, 15) is 0 Å². The van der Waals surface area contributed by atoms with Gasteiger partial charge in [-0.15, -0.1) is 0 Å². The van der Waals surface area contributed by atoms with E-state index in [1.54, 1.807) is 10.9 Å². The van der Waals surface area contributed by atoms with Crippen LogP contribution >= 0.6 is 0 Å². The molecule has 0 amide bonds. The van der Waals surface area contributed by atoms with Crippen molar-refractivity contribution in [3.63, 3.8) is 0 Å². The Morgan fingerprint density at radius 3 is 3.16 bits per heavy atom. The summed E-state index contributed by atoms with van der Waals surface area (Å²) in [5.74, 6) is 0.680. The maximum atomic E-state index is 5.44. The van der Waals surface area contributed by atoms with Gasteiger partial charge < -0.3 is 9.73 Å². The van der Waals surface area contributed by atoms with Crippen LogP contribution in [0.15, 0.2) is 41.6 Å². The fourth-order valence-corrected chi connectivity index (χ4v) is 1.93. The fourth-order valence-electron chi connectivity index (χ4n) is 1.93. The maximum Gasteiger partial charge on any atom is 0.192 e. The van der Waals surface area contributed by atoms with Crippen LogP contribution in [0.4, 0.5) is 5.69 Å². The number of aryl methyl sites for hydroxylation is 1. The zero-order chi connectivity index (χ0) is 13.2. The van der Waals surface area contributed by atoms with E-state index < -0.39 is 0 Å². The molecule has 0 bridgehead atoms. The van der Waals surface area contributed by atoms with E-state index >= 15 is 0 Å². The Kier molecular flexibility index (Phi) is 2.79. The van der Waals surface area contributed by atoms with Crippen molar-refractivity contribution in [1.29, 1.82) is 0 Å². The van der Waals surface area contributed by atoms with E-state index in [1.807, 2.05) is 37.5 Å². The van der Waals surface area contributed by atoms with Gasteiger partial charge in [-0.1, -0.05) is 6.58 Å². The number of benzene rings is 1. The highest BCUT2D eigenvalue weighted by atomic mass is 16.3. The molecule has 2 heterocycles. The molecule has 0 spiro atoms. The zero-order valence-electron chi connectivity index (χ0n) is 10.6. The van der Waals surface area contributed by atoms with E-state index in [4.69, 9.17) is 4.42 Å². The number of rotatable bonds is 4. The maximum absolute atomic E-state index is 5.44. The van der Waals surface area contributed by atoms with Gasteiger partial charge >= 0.3 is 0 Å². The second-order valence-electron chi connectivity index (χ2n) is 4.28. The molecule has 0 atom stereocenters. The van der Waals surface area contributed by atoms with E-state index in [2.05, 4.69) is 22.0 Å². The van der Waals surface area contributed by atoms with E-state index in [-0.39, 0.29) is 0 Å². The highest BCUT2D eigenvalue weighted by molar-refractivity contribution is 5.77. The number of anilines is 1. The van der Waals surface area contributed by atoms with Crippen molar-refractivity contribution in [2.45, 2.75) is 13.5 Å². The predicted molar refractivity (Wildman–Crippen MR) is 74.7 cm³/mol. The molecule has 5 heteroatoms. The second-order valence-corrected chi connectivity index (χ2v) is 4.28. The Morgan fingerprint density at radius 1 is 1.47 bits per heavy atom. The molecule has 5 nitrogen and oxygen atoms in total. The lowest BCUT2D eigenvalue weighted by molar-refractivity contribution is 0.561. The van der Waals surface area contributed by atoms with Gasteiger partial charge in [0.25, 0.3) is 0 Å². The molecule has 96 valence electrons. The van der Waals surface area contributed by atoms with Gasteiger partial charge in [0.05, 0.1) is 6.20 Å². The normalized spacial score (nSPS) is 10.8. The fraction of sp³-hybridized carbons (Fsp3) is 0.143. The SMILES string of the molecule is C=Cn1cc(CNc2ccc3oc(C)nc3c2)cn1. The minimum Gasteiger partial charge on any atom is -0.441 e. The molecule has 3 rings (SSSR count). The third kappa shape index (κ3) is 2.35. The van der Waals surface area contributed by atoms with Crippen LogP contribution in [0.2, 0.25) is 0 Å². The van der Waals surface area contributed by atoms with Gasteiger partial charge in [-0.05, 0) is 18.2 Å². The summed E-state index contributed by atoms with van der Waals surface area (Å²) in [5.41, 5.74) is 3.77. The van der Waals surface area contributed by atoms with Gasteiger partial charge in [-0.25, -0.2) is 9.67 Å². The minimum atomic E-state index is 0.680. The van der Waals surface area contributed by atoms with Crippen molar-refractivity contribution in [2.24, 2.45) is 0 Å². The van der Waals surface area contributed by atoms with Gasteiger partial charge in [0.1, 0.15) is 5.52 Å². The summed E-state index contributed by atoms with van der Waals surface area (Å²) in [5, 5.41) is 7.46. The summed E-state index contributed by atoms with van der Waals surface area (Å²) in [6, 6.07) is 5.87. The molecule has 0 radical (unpaired) electrons. The lowest BCUT2D eigenvalue weighted by atomic mass is 10.2. The monoisotopic (exact) mass is 254 g/mol. The number of nitrogens with zero attached hydrogens (tertiary/aromatic N) is 3. The van der Waals surface area contributed by atoms with Crippen LogP contribution in [0.25, 0.3) is 17.3 Å². The van der Waals surface area contributed by atoms with Gasteiger partial charge in [0.15, 0.2) is 11.5 Å². The third-order valence-electron chi connectivity index (χ3n) is 2.83. The number of fused-ring (bicyclic) bond motifs is 1. The van der Waals surface area contributed by atoms with Crippen LogP contribution in [0.5, 0.6) is 0 Å². The molecule has 0 fully saturated rings. The second kappa shape index (κ2) is 4.61. The molecular formula is C14H14N4O. The Bertz CT molecular complexity index is 726. The van der Waals surface area contributed by atoms with Crippen LogP contribution in [0.1, 0.15) is 11.5 Å². The van der Waals surface area contributed by atoms with Crippen LogP contribution in [-0.4, -0.2) is 14.8 Å². The Labute approximate surface area is 110 Å². The molecule has 3 aromatic rings. The largest absolute Gasteiger partial charge is 0.441 e. The van der Waals surface area contributed by atoms with Crippen molar-refractivity contribution < 1.29 is 4.42 Å². The quantitative estimate of drug-likeness (QED) is 0.777. The lowest BCUT2D eigenvalue weighted by Gasteiger charge is -2.03. The van der Waals surface area contributed by atoms with Gasteiger partial charge in [0.2, 0.25) is 0 Å². The van der Waals surface area contributed by atoms with Crippen molar-refractivity contribution in [3.8, 4) is 0 Å². The molecule has 0 saturated carbocycles. The van der Waals surface area contributed by atoms with Gasteiger partial charge in [-0.3, -0.25) is 0 Å². The molecular weight excluding hydrogens is 240 g/mol. The Balaban J connectivity index is 1.75. The average Bonchev–Trinajstić information content (AvgIpc) is 3.00. The molecule has 0 aliphatic heterocycles. The first kappa shape index (κ1) is 11.5. The molecule has 1 aromatic carbocycles. The van der Waals surface area contributed by atoms with Crippen LogP contribution < -0.4 is 5.32 Å². The van der Waals surface area contributed by atoms with E-state index in [0.29, 0.717) is 12.4 Å². The first-order valence-corrected chi connectivity index (χ1v) is 6.01. The van der Waals surface area contributed by atoms with Gasteiger partial charge in [-0.2, -0.15) is 5.10 Å². The summed E-state index contributed by atoms with van der Waals surface area (Å²) in [6.07, 6.45) is 5.40. The van der Waals surface area contributed by atoms with Crippen molar-refractivity contribution in [1.82, 2.24) is 14.8 Å². The van der Waals surface area contributed by atoms with Crippen molar-refractivity contribution >= 4 is 23.0 Å². The molecule has 0 saturated heterocycles. The van der Waals surface area contributed by atoms with Crippen LogP contribution in [0.3, 0.4) is 0 Å². The standard InChI is InChI=1S/C14H14N4O/c1-3-18-9-11(8-16-18)7-15-12-4-5-14-13(6-12)17-10(2)19-14/h3-6,8-9,15H,1,7H2,2H3. The summed E-state index contributed by atoms with van der Waals surface area (Å²) in [7, 11) is 0. The number of nitrogens with one attached hydrogen (secondary N) is 1. The first-order valence-electron chi connectivity index (χ1n) is 6.01. The van der Waals surface area contributed by atoms with Crippen molar-refractivity contribution in [2.75, 3.05) is 5.32 Å². The number of oxazole rings is 1. The summed E-state index contributed by atoms with van der Waals surface area (Å²) < 4.78 is 7.12. The summed E-state index contributed by atoms with van der Waals surface area (Å²) in [6.45, 7) is 6.21. The molecule has 0 aliphatic carbocycles. The molecule has 19 heavy (non-hydrogen) atoms. The molecule has 1 N–H and O–H groups in total. The average molecular weight is 254 g/mol. The first-order chi connectivity index (χ1) is 9.24. The highest BCUT2D eigenvalue weighted by Gasteiger charge is 2.03. The molecule has 0 unspecified atom stereocenters. The number of hydrogen-bond acceptors (Lipinski definition) is 4. The Hall–Kier alpha value is -2.56. The molecule has 2 aromatic heterocycles. The molecule has 0 aliphatic rings. The lowest BCUT2D eigenvalue weighted by Crippen LogP contribution is -1.97. The Morgan fingerprint density at radius 2 is 2.37 bits per heavy atom. The summed E-state index contributed by atoms with van der Waals surface area (Å²) in [4.78, 5) is 4.31.